The number of aromatic amines is 1. The molecular formula is C25H27N3O2. The predicted molar refractivity (Wildman–Crippen MR) is 119 cm³/mol. The van der Waals surface area contributed by atoms with E-state index in [4.69, 9.17) is 14.1 Å². The van der Waals surface area contributed by atoms with Gasteiger partial charge >= 0.3 is 0 Å². The molecule has 5 nitrogen and oxygen atoms in total. The Balaban J connectivity index is 1.26. The van der Waals surface area contributed by atoms with Gasteiger partial charge in [-0.15, -0.1) is 0 Å². The lowest BCUT2D eigenvalue weighted by Crippen LogP contribution is -2.32. The van der Waals surface area contributed by atoms with Crippen LogP contribution in [-0.4, -0.2) is 35.1 Å². The number of H-pyrrole nitrogens is 1. The smallest absolute Gasteiger partial charge is 0.226 e. The molecule has 0 aliphatic carbocycles. The number of rotatable bonds is 5. The number of methoxy groups -OCH3 is 1. The van der Waals surface area contributed by atoms with Crippen LogP contribution in [0.25, 0.3) is 22.4 Å². The molecular weight excluding hydrogens is 374 g/mol. The Bertz CT molecular complexity index is 1140. The molecule has 0 atom stereocenters. The number of hydrogen-bond donors (Lipinski definition) is 1. The lowest BCUT2D eigenvalue weighted by Gasteiger charge is -2.31. The SMILES string of the molecule is COc1ccc2[nH]cc(C3CCN(Cc4nc(-c5ccccc5)oc4C)CC3)c2c1. The molecule has 2 aromatic heterocycles. The van der Waals surface area contributed by atoms with E-state index < -0.39 is 0 Å². The number of aromatic nitrogens is 2. The summed E-state index contributed by atoms with van der Waals surface area (Å²) in [6, 6.07) is 16.4. The Hall–Kier alpha value is -3.05. The second-order valence-electron chi connectivity index (χ2n) is 8.09. The quantitative estimate of drug-likeness (QED) is 0.478. The monoisotopic (exact) mass is 401 g/mol. The Morgan fingerprint density at radius 2 is 1.93 bits per heavy atom. The number of nitrogens with zero attached hydrogens (tertiary/aromatic N) is 2. The van der Waals surface area contributed by atoms with Crippen LogP contribution in [0.2, 0.25) is 0 Å². The summed E-state index contributed by atoms with van der Waals surface area (Å²) in [5.41, 5.74) is 4.66. The highest BCUT2D eigenvalue weighted by Crippen LogP contribution is 2.35. The fraction of sp³-hybridized carbons (Fsp3) is 0.320. The molecule has 154 valence electrons. The van der Waals surface area contributed by atoms with Gasteiger partial charge in [0.25, 0.3) is 0 Å². The normalized spacial score (nSPS) is 15.7. The molecule has 0 radical (unpaired) electrons. The molecule has 0 saturated carbocycles. The summed E-state index contributed by atoms with van der Waals surface area (Å²) in [6.45, 7) is 4.99. The van der Waals surface area contributed by atoms with E-state index >= 15 is 0 Å². The Labute approximate surface area is 176 Å². The number of hydrogen-bond acceptors (Lipinski definition) is 4. The van der Waals surface area contributed by atoms with Crippen LogP contribution >= 0.6 is 0 Å². The second kappa shape index (κ2) is 8.00. The number of nitrogens with one attached hydrogen (secondary N) is 1. The van der Waals surface area contributed by atoms with Crippen LogP contribution in [0.5, 0.6) is 5.75 Å². The zero-order valence-corrected chi connectivity index (χ0v) is 17.5. The highest BCUT2D eigenvalue weighted by atomic mass is 16.5. The minimum atomic E-state index is 0.570. The van der Waals surface area contributed by atoms with Gasteiger partial charge in [0.2, 0.25) is 5.89 Å². The zero-order valence-electron chi connectivity index (χ0n) is 17.5. The van der Waals surface area contributed by atoms with Crippen molar-refractivity contribution in [2.45, 2.75) is 32.2 Å². The molecule has 1 fully saturated rings. The molecule has 2 aromatic carbocycles. The third-order valence-electron chi connectivity index (χ3n) is 6.24. The summed E-state index contributed by atoms with van der Waals surface area (Å²) >= 11 is 0. The van der Waals surface area contributed by atoms with Gasteiger partial charge in [-0.3, -0.25) is 4.90 Å². The summed E-state index contributed by atoms with van der Waals surface area (Å²) in [6.07, 6.45) is 4.47. The molecule has 1 N–H and O–H groups in total. The number of likely N-dealkylation sites (tertiary alicyclic amines) is 1. The fourth-order valence-corrected chi connectivity index (χ4v) is 4.48. The van der Waals surface area contributed by atoms with Crippen molar-refractivity contribution >= 4 is 10.9 Å². The highest BCUT2D eigenvalue weighted by molar-refractivity contribution is 5.85. The van der Waals surface area contributed by atoms with Gasteiger partial charge in [-0.1, -0.05) is 18.2 Å². The average Bonchev–Trinajstić information content (AvgIpc) is 3.38. The zero-order chi connectivity index (χ0) is 20.5. The van der Waals surface area contributed by atoms with Gasteiger partial charge in [0.05, 0.1) is 12.8 Å². The van der Waals surface area contributed by atoms with Gasteiger partial charge in [0.15, 0.2) is 0 Å². The highest BCUT2D eigenvalue weighted by Gasteiger charge is 2.24. The van der Waals surface area contributed by atoms with Gasteiger partial charge in [-0.2, -0.15) is 0 Å². The minimum absolute atomic E-state index is 0.570. The summed E-state index contributed by atoms with van der Waals surface area (Å²) in [4.78, 5) is 10.7. The number of fused-ring (bicyclic) bond motifs is 1. The molecule has 1 saturated heterocycles. The van der Waals surface area contributed by atoms with E-state index in [9.17, 15) is 0 Å². The van der Waals surface area contributed by atoms with Crippen molar-refractivity contribution in [3.05, 3.63) is 71.7 Å². The molecule has 5 rings (SSSR count). The van der Waals surface area contributed by atoms with E-state index in [1.54, 1.807) is 7.11 Å². The molecule has 0 amide bonds. The van der Waals surface area contributed by atoms with Crippen LogP contribution in [0.1, 0.15) is 35.8 Å². The Kier molecular flexibility index (Phi) is 5.05. The van der Waals surface area contributed by atoms with Crippen LogP contribution in [-0.2, 0) is 6.54 Å². The van der Waals surface area contributed by atoms with Crippen LogP contribution in [0.3, 0.4) is 0 Å². The Morgan fingerprint density at radius 3 is 2.70 bits per heavy atom. The van der Waals surface area contributed by atoms with Crippen LogP contribution < -0.4 is 4.74 Å². The first-order chi connectivity index (χ1) is 14.7. The molecule has 0 bridgehead atoms. The average molecular weight is 402 g/mol. The van der Waals surface area contributed by atoms with Crippen molar-refractivity contribution in [1.29, 1.82) is 0 Å². The first-order valence-corrected chi connectivity index (χ1v) is 10.6. The molecule has 0 unspecified atom stereocenters. The predicted octanol–water partition coefficient (Wildman–Crippen LogP) is 5.52. The number of benzene rings is 2. The van der Waals surface area contributed by atoms with Crippen molar-refractivity contribution < 1.29 is 9.15 Å². The third kappa shape index (κ3) is 3.61. The molecule has 4 aromatic rings. The van der Waals surface area contributed by atoms with Gasteiger partial charge in [0, 0.05) is 29.2 Å². The van der Waals surface area contributed by atoms with Gasteiger partial charge in [-0.05, 0) is 74.7 Å². The first kappa shape index (κ1) is 18.9. The molecule has 30 heavy (non-hydrogen) atoms. The summed E-state index contributed by atoms with van der Waals surface area (Å²) < 4.78 is 11.4. The summed E-state index contributed by atoms with van der Waals surface area (Å²) in [5, 5.41) is 1.28. The Morgan fingerprint density at radius 1 is 1.13 bits per heavy atom. The van der Waals surface area contributed by atoms with Crippen molar-refractivity contribution in [2.24, 2.45) is 0 Å². The van der Waals surface area contributed by atoms with Crippen LogP contribution in [0, 0.1) is 6.92 Å². The van der Waals surface area contributed by atoms with E-state index in [2.05, 4.69) is 28.2 Å². The third-order valence-corrected chi connectivity index (χ3v) is 6.24. The first-order valence-electron chi connectivity index (χ1n) is 10.6. The van der Waals surface area contributed by atoms with Crippen molar-refractivity contribution in [3.63, 3.8) is 0 Å². The number of ether oxygens (including phenoxy) is 1. The second-order valence-corrected chi connectivity index (χ2v) is 8.09. The van der Waals surface area contributed by atoms with E-state index in [0.29, 0.717) is 11.8 Å². The van der Waals surface area contributed by atoms with E-state index in [0.717, 1.165) is 55.2 Å². The maximum Gasteiger partial charge on any atom is 0.226 e. The van der Waals surface area contributed by atoms with E-state index in [1.807, 2.05) is 43.3 Å². The van der Waals surface area contributed by atoms with Gasteiger partial charge in [-0.25, -0.2) is 4.98 Å². The number of aryl methyl sites for hydroxylation is 1. The lowest BCUT2D eigenvalue weighted by molar-refractivity contribution is 0.202. The van der Waals surface area contributed by atoms with Crippen molar-refractivity contribution in [2.75, 3.05) is 20.2 Å². The fourth-order valence-electron chi connectivity index (χ4n) is 4.48. The molecule has 0 spiro atoms. The number of piperidine rings is 1. The van der Waals surface area contributed by atoms with Gasteiger partial charge < -0.3 is 14.1 Å². The molecule has 3 heterocycles. The maximum absolute atomic E-state index is 5.94. The molecule has 1 aliphatic rings. The van der Waals surface area contributed by atoms with Gasteiger partial charge in [0.1, 0.15) is 11.5 Å². The van der Waals surface area contributed by atoms with E-state index in [-0.39, 0.29) is 0 Å². The number of oxazole rings is 1. The summed E-state index contributed by atoms with van der Waals surface area (Å²) in [7, 11) is 1.72. The van der Waals surface area contributed by atoms with Crippen molar-refractivity contribution in [1.82, 2.24) is 14.9 Å². The topological polar surface area (TPSA) is 54.3 Å². The molecule has 5 heteroatoms. The standard InChI is InChI=1S/C25H27N3O2/c1-17-24(27-25(30-17)19-6-4-3-5-7-19)16-28-12-10-18(11-13-28)22-15-26-23-9-8-20(29-2)14-21(22)23/h3-9,14-15,18,26H,10-13,16H2,1-2H3. The van der Waals surface area contributed by atoms with Crippen LogP contribution in [0.4, 0.5) is 0 Å². The van der Waals surface area contributed by atoms with Crippen molar-refractivity contribution in [3.8, 4) is 17.2 Å². The largest absolute Gasteiger partial charge is 0.497 e. The summed E-state index contributed by atoms with van der Waals surface area (Å²) in [5.74, 6) is 3.11. The van der Waals surface area contributed by atoms with E-state index in [1.165, 1.54) is 16.5 Å². The van der Waals surface area contributed by atoms with Crippen LogP contribution in [0.15, 0.2) is 59.1 Å². The lowest BCUT2D eigenvalue weighted by atomic mass is 9.89. The minimum Gasteiger partial charge on any atom is -0.497 e. The maximum atomic E-state index is 5.94. The molecule has 1 aliphatic heterocycles.